The van der Waals surface area contributed by atoms with Crippen molar-refractivity contribution in [3.8, 4) is 0 Å². The van der Waals surface area contributed by atoms with Gasteiger partial charge in [0.05, 0.1) is 0 Å². The van der Waals surface area contributed by atoms with Gasteiger partial charge in [0.2, 0.25) is 5.91 Å². The third-order valence-corrected chi connectivity index (χ3v) is 5.35. The van der Waals surface area contributed by atoms with E-state index in [0.29, 0.717) is 13.1 Å². The fourth-order valence-electron chi connectivity index (χ4n) is 3.66. The van der Waals surface area contributed by atoms with Gasteiger partial charge < -0.3 is 9.80 Å². The first kappa shape index (κ1) is 19.2. The van der Waals surface area contributed by atoms with E-state index in [-0.39, 0.29) is 24.5 Å². The molecule has 1 amide bonds. The minimum absolute atomic E-state index is 0.0584. The van der Waals surface area contributed by atoms with Crippen molar-refractivity contribution in [1.82, 2.24) is 4.90 Å². The van der Waals surface area contributed by atoms with E-state index in [4.69, 9.17) is 0 Å². The number of nitrogens with zero attached hydrogens (tertiary/aromatic N) is 2. The number of piperazine rings is 1. The van der Waals surface area contributed by atoms with E-state index in [1.54, 1.807) is 0 Å². The quantitative estimate of drug-likeness (QED) is 0.755. The second-order valence-corrected chi connectivity index (χ2v) is 7.40. The van der Waals surface area contributed by atoms with Gasteiger partial charge in [-0.3, -0.25) is 9.59 Å². The zero-order valence-corrected chi connectivity index (χ0v) is 16.5. The molecule has 0 aromatic heterocycles. The maximum Gasteiger partial charge on any atom is 0.223 e. The molecule has 2 aromatic rings. The summed E-state index contributed by atoms with van der Waals surface area (Å²) < 4.78 is 0. The summed E-state index contributed by atoms with van der Waals surface area (Å²) in [6.07, 6.45) is 0.567. The predicted octanol–water partition coefficient (Wildman–Crippen LogP) is 3.92. The number of benzene rings is 2. The molecule has 4 heteroatoms. The van der Waals surface area contributed by atoms with E-state index in [1.807, 2.05) is 43.0 Å². The van der Waals surface area contributed by atoms with Crippen LogP contribution >= 0.6 is 0 Å². The Morgan fingerprint density at radius 2 is 1.56 bits per heavy atom. The van der Waals surface area contributed by atoms with Crippen molar-refractivity contribution in [2.24, 2.45) is 0 Å². The Bertz CT molecular complexity index is 836. The third kappa shape index (κ3) is 4.57. The monoisotopic (exact) mass is 364 g/mol. The lowest BCUT2D eigenvalue weighted by atomic mass is 9.99. The zero-order valence-electron chi connectivity index (χ0n) is 16.5. The average molecular weight is 364 g/mol. The molecule has 4 nitrogen and oxygen atoms in total. The fourth-order valence-corrected chi connectivity index (χ4v) is 3.66. The lowest BCUT2D eigenvalue weighted by Gasteiger charge is -2.36. The van der Waals surface area contributed by atoms with Crippen molar-refractivity contribution in [2.45, 2.75) is 33.6 Å². The Kier molecular flexibility index (Phi) is 5.94. The van der Waals surface area contributed by atoms with Crippen molar-refractivity contribution in [3.63, 3.8) is 0 Å². The molecule has 0 radical (unpaired) electrons. The Morgan fingerprint density at radius 1 is 0.852 bits per heavy atom. The fraction of sp³-hybridized carbons (Fsp3) is 0.391. The van der Waals surface area contributed by atoms with Gasteiger partial charge in [-0.05, 0) is 44.0 Å². The Labute approximate surface area is 161 Å². The van der Waals surface area contributed by atoms with Crippen molar-refractivity contribution < 1.29 is 9.59 Å². The van der Waals surface area contributed by atoms with Gasteiger partial charge in [0.25, 0.3) is 0 Å². The van der Waals surface area contributed by atoms with Crippen LogP contribution in [-0.4, -0.2) is 42.8 Å². The van der Waals surface area contributed by atoms with Gasteiger partial charge in [-0.1, -0.05) is 35.9 Å². The number of hydrogen-bond donors (Lipinski definition) is 0. The van der Waals surface area contributed by atoms with Crippen molar-refractivity contribution in [3.05, 3.63) is 64.7 Å². The van der Waals surface area contributed by atoms with E-state index in [0.717, 1.165) is 29.8 Å². The molecule has 0 spiro atoms. The van der Waals surface area contributed by atoms with Gasteiger partial charge in [0.15, 0.2) is 5.78 Å². The summed E-state index contributed by atoms with van der Waals surface area (Å²) in [6.45, 7) is 9.14. The molecule has 1 heterocycles. The number of ketones is 1. The predicted molar refractivity (Wildman–Crippen MR) is 109 cm³/mol. The highest BCUT2D eigenvalue weighted by Crippen LogP contribution is 2.21. The summed E-state index contributed by atoms with van der Waals surface area (Å²) in [7, 11) is 0. The molecule has 0 atom stereocenters. The summed E-state index contributed by atoms with van der Waals surface area (Å²) >= 11 is 0. The first-order valence-corrected chi connectivity index (χ1v) is 9.64. The largest absolute Gasteiger partial charge is 0.368 e. The van der Waals surface area contributed by atoms with E-state index in [2.05, 4.69) is 30.0 Å². The second-order valence-electron chi connectivity index (χ2n) is 7.40. The molecule has 3 rings (SSSR count). The number of carbonyl (C=O) groups is 2. The summed E-state index contributed by atoms with van der Waals surface area (Å²) in [5.74, 6) is 0.140. The average Bonchev–Trinajstić information content (AvgIpc) is 2.68. The van der Waals surface area contributed by atoms with Crippen LogP contribution < -0.4 is 4.90 Å². The van der Waals surface area contributed by atoms with E-state index >= 15 is 0 Å². The third-order valence-electron chi connectivity index (χ3n) is 5.35. The maximum absolute atomic E-state index is 12.6. The summed E-state index contributed by atoms with van der Waals surface area (Å²) in [6, 6.07) is 14.2. The molecule has 0 bridgehead atoms. The van der Waals surface area contributed by atoms with Crippen LogP contribution in [0.15, 0.2) is 42.5 Å². The topological polar surface area (TPSA) is 40.6 Å². The molecule has 1 aliphatic rings. The molecule has 0 saturated carbocycles. The first-order valence-electron chi connectivity index (χ1n) is 9.64. The van der Waals surface area contributed by atoms with Gasteiger partial charge >= 0.3 is 0 Å². The number of Topliss-reactive ketones (excluding diaryl/α,β-unsaturated/α-hetero) is 1. The molecule has 0 N–H and O–H groups in total. The summed E-state index contributed by atoms with van der Waals surface area (Å²) in [5, 5.41) is 0. The Morgan fingerprint density at radius 3 is 2.26 bits per heavy atom. The normalized spacial score (nSPS) is 14.3. The number of rotatable bonds is 5. The van der Waals surface area contributed by atoms with Crippen LogP contribution in [0.25, 0.3) is 0 Å². The minimum Gasteiger partial charge on any atom is -0.368 e. The molecule has 142 valence electrons. The molecule has 1 aliphatic heterocycles. The van der Waals surface area contributed by atoms with Crippen LogP contribution in [-0.2, 0) is 4.79 Å². The second kappa shape index (κ2) is 8.38. The van der Waals surface area contributed by atoms with Gasteiger partial charge in [-0.15, -0.1) is 0 Å². The smallest absolute Gasteiger partial charge is 0.223 e. The molecule has 1 fully saturated rings. The molecular weight excluding hydrogens is 336 g/mol. The maximum atomic E-state index is 12.6. The zero-order chi connectivity index (χ0) is 19.4. The summed E-state index contributed by atoms with van der Waals surface area (Å²) in [5.41, 5.74) is 5.30. The first-order chi connectivity index (χ1) is 13.0. The number of carbonyl (C=O) groups excluding carboxylic acids is 2. The van der Waals surface area contributed by atoms with Crippen LogP contribution in [0.3, 0.4) is 0 Å². The van der Waals surface area contributed by atoms with Crippen LogP contribution in [0.1, 0.15) is 39.9 Å². The standard InChI is InChI=1S/C23H28N2O2/c1-17-8-9-18(2)20(16-17)22(26)10-11-23(27)25-14-12-24(13-15-25)21-7-5-4-6-19(21)3/h4-9,16H,10-15H2,1-3H3. The van der Waals surface area contributed by atoms with E-state index in [9.17, 15) is 9.59 Å². The summed E-state index contributed by atoms with van der Waals surface area (Å²) in [4.78, 5) is 29.3. The van der Waals surface area contributed by atoms with Crippen LogP contribution in [0, 0.1) is 20.8 Å². The minimum atomic E-state index is 0.0584. The molecular formula is C23H28N2O2. The van der Waals surface area contributed by atoms with Gasteiger partial charge in [0, 0.05) is 50.3 Å². The van der Waals surface area contributed by atoms with Gasteiger partial charge in [-0.2, -0.15) is 0 Å². The highest BCUT2D eigenvalue weighted by Gasteiger charge is 2.22. The number of para-hydroxylation sites is 1. The number of amides is 1. The highest BCUT2D eigenvalue weighted by atomic mass is 16.2. The molecule has 1 saturated heterocycles. The van der Waals surface area contributed by atoms with E-state index in [1.165, 1.54) is 11.3 Å². The van der Waals surface area contributed by atoms with Gasteiger partial charge in [-0.25, -0.2) is 0 Å². The van der Waals surface area contributed by atoms with Crippen molar-refractivity contribution in [1.29, 1.82) is 0 Å². The number of aryl methyl sites for hydroxylation is 3. The lowest BCUT2D eigenvalue weighted by molar-refractivity contribution is -0.131. The Balaban J connectivity index is 1.52. The van der Waals surface area contributed by atoms with Crippen LogP contribution in [0.5, 0.6) is 0 Å². The van der Waals surface area contributed by atoms with E-state index < -0.39 is 0 Å². The van der Waals surface area contributed by atoms with Crippen molar-refractivity contribution in [2.75, 3.05) is 31.1 Å². The molecule has 0 aliphatic carbocycles. The number of hydrogen-bond acceptors (Lipinski definition) is 3. The molecule has 27 heavy (non-hydrogen) atoms. The highest BCUT2D eigenvalue weighted by molar-refractivity contribution is 5.99. The van der Waals surface area contributed by atoms with Crippen molar-refractivity contribution >= 4 is 17.4 Å². The lowest BCUT2D eigenvalue weighted by Crippen LogP contribution is -2.49. The van der Waals surface area contributed by atoms with Gasteiger partial charge in [0.1, 0.15) is 0 Å². The molecule has 0 unspecified atom stereocenters. The SMILES string of the molecule is Cc1ccc(C)c(C(=O)CCC(=O)N2CCN(c3ccccc3C)CC2)c1. The van der Waals surface area contributed by atoms with Crippen LogP contribution in [0.2, 0.25) is 0 Å². The van der Waals surface area contributed by atoms with Crippen LogP contribution in [0.4, 0.5) is 5.69 Å². The number of anilines is 1. The Hall–Kier alpha value is -2.62. The molecule has 2 aromatic carbocycles.